The van der Waals surface area contributed by atoms with Gasteiger partial charge < -0.3 is 14.8 Å². The standard InChI is InChI=1S/C25H37NO3/c1-3-5-8-18(4-2)24(27)29-17-28-20-11-10-19-15-23-21-9-6-7-12-25(21,13-14-26-23)22(19)16-20/h10-11,16,18,21,23,26H,3-9,12-15,17H2,1-2H3/t18?,21-,23-,25+/m1/s1. The maximum Gasteiger partial charge on any atom is 0.311 e. The summed E-state index contributed by atoms with van der Waals surface area (Å²) in [6.07, 6.45) is 11.6. The van der Waals surface area contributed by atoms with Gasteiger partial charge in [-0.3, -0.25) is 4.79 Å². The van der Waals surface area contributed by atoms with Gasteiger partial charge in [-0.05, 0) is 74.2 Å². The lowest BCUT2D eigenvalue weighted by atomic mass is 9.53. The van der Waals surface area contributed by atoms with Crippen molar-refractivity contribution in [2.24, 2.45) is 11.8 Å². The first-order valence-electron chi connectivity index (χ1n) is 11.8. The van der Waals surface area contributed by atoms with Crippen molar-refractivity contribution in [1.82, 2.24) is 5.32 Å². The van der Waals surface area contributed by atoms with E-state index in [0.717, 1.165) is 50.3 Å². The Hall–Kier alpha value is -1.55. The van der Waals surface area contributed by atoms with Gasteiger partial charge in [-0.2, -0.15) is 0 Å². The zero-order chi connectivity index (χ0) is 20.3. The Morgan fingerprint density at radius 1 is 1.28 bits per heavy atom. The number of rotatable bonds is 8. The second kappa shape index (κ2) is 9.07. The third-order valence-corrected chi connectivity index (χ3v) is 7.78. The van der Waals surface area contributed by atoms with Gasteiger partial charge in [0, 0.05) is 11.5 Å². The normalized spacial score (nSPS) is 28.8. The fourth-order valence-electron chi connectivity index (χ4n) is 6.21. The van der Waals surface area contributed by atoms with Crippen LogP contribution in [0.4, 0.5) is 0 Å². The zero-order valence-electron chi connectivity index (χ0n) is 18.2. The van der Waals surface area contributed by atoms with Gasteiger partial charge in [-0.15, -0.1) is 0 Å². The van der Waals surface area contributed by atoms with Crippen molar-refractivity contribution in [1.29, 1.82) is 0 Å². The molecule has 4 nitrogen and oxygen atoms in total. The highest BCUT2D eigenvalue weighted by Crippen LogP contribution is 2.54. The summed E-state index contributed by atoms with van der Waals surface area (Å²) in [6.45, 7) is 5.34. The molecule has 1 aromatic carbocycles. The van der Waals surface area contributed by atoms with E-state index in [0.29, 0.717) is 11.5 Å². The molecule has 2 fully saturated rings. The molecule has 160 valence electrons. The molecule has 1 aliphatic heterocycles. The summed E-state index contributed by atoms with van der Waals surface area (Å²) in [5.41, 5.74) is 3.32. The van der Waals surface area contributed by atoms with E-state index >= 15 is 0 Å². The molecule has 29 heavy (non-hydrogen) atoms. The first kappa shape index (κ1) is 20.7. The third-order valence-electron chi connectivity index (χ3n) is 7.78. The number of fused-ring (bicyclic) bond motifs is 1. The molecule has 4 rings (SSSR count). The van der Waals surface area contributed by atoms with Gasteiger partial charge in [0.2, 0.25) is 6.79 Å². The molecule has 4 atom stereocenters. The number of unbranched alkanes of at least 4 members (excludes halogenated alkanes) is 1. The van der Waals surface area contributed by atoms with Gasteiger partial charge in [-0.1, -0.05) is 45.6 Å². The summed E-state index contributed by atoms with van der Waals surface area (Å²) in [7, 11) is 0. The Labute approximate surface area is 175 Å². The predicted molar refractivity (Wildman–Crippen MR) is 115 cm³/mol. The van der Waals surface area contributed by atoms with Crippen molar-refractivity contribution >= 4 is 5.97 Å². The molecule has 1 saturated heterocycles. The number of piperidine rings is 1. The number of hydrogen-bond acceptors (Lipinski definition) is 4. The SMILES string of the molecule is CCCCC(CC)C(=O)OCOc1ccc2c(c1)[C@]13CCCC[C@@H]1[C@@H](C2)NCC3. The number of esters is 1. The van der Waals surface area contributed by atoms with Crippen LogP contribution >= 0.6 is 0 Å². The van der Waals surface area contributed by atoms with Crippen LogP contribution in [0.3, 0.4) is 0 Å². The average Bonchev–Trinajstić information content (AvgIpc) is 2.74. The average molecular weight is 400 g/mol. The van der Waals surface area contributed by atoms with E-state index in [1.165, 1.54) is 43.2 Å². The van der Waals surface area contributed by atoms with Crippen LogP contribution in [0.5, 0.6) is 5.75 Å². The molecular formula is C25H37NO3. The van der Waals surface area contributed by atoms with Crippen LogP contribution in [0.15, 0.2) is 18.2 Å². The first-order chi connectivity index (χ1) is 14.2. The highest BCUT2D eigenvalue weighted by Gasteiger charge is 2.51. The van der Waals surface area contributed by atoms with E-state index in [9.17, 15) is 4.79 Å². The molecule has 4 heteroatoms. The molecule has 0 spiro atoms. The number of ether oxygens (including phenoxy) is 2. The summed E-state index contributed by atoms with van der Waals surface area (Å²) in [5, 5.41) is 3.79. The Balaban J connectivity index is 1.43. The monoisotopic (exact) mass is 399 g/mol. The van der Waals surface area contributed by atoms with Crippen LogP contribution in [-0.4, -0.2) is 25.3 Å². The minimum Gasteiger partial charge on any atom is -0.457 e. The van der Waals surface area contributed by atoms with E-state index in [-0.39, 0.29) is 18.7 Å². The highest BCUT2D eigenvalue weighted by molar-refractivity contribution is 5.72. The lowest BCUT2D eigenvalue weighted by Crippen LogP contribution is -2.59. The molecular weight excluding hydrogens is 362 g/mol. The first-order valence-corrected chi connectivity index (χ1v) is 11.8. The van der Waals surface area contributed by atoms with Crippen LogP contribution in [0.1, 0.15) is 82.8 Å². The molecule has 0 amide bonds. The van der Waals surface area contributed by atoms with Crippen molar-refractivity contribution in [2.75, 3.05) is 13.3 Å². The lowest BCUT2D eigenvalue weighted by molar-refractivity contribution is -0.155. The summed E-state index contributed by atoms with van der Waals surface area (Å²) >= 11 is 0. The fraction of sp³-hybridized carbons (Fsp3) is 0.720. The molecule has 1 aromatic rings. The van der Waals surface area contributed by atoms with E-state index in [1.54, 1.807) is 0 Å². The maximum absolute atomic E-state index is 12.3. The van der Waals surface area contributed by atoms with Crippen molar-refractivity contribution in [3.8, 4) is 5.75 Å². The quantitative estimate of drug-likeness (QED) is 0.486. The molecule has 2 bridgehead atoms. The number of carbonyl (C=O) groups excluding carboxylic acids is 1. The second-order valence-electron chi connectivity index (χ2n) is 9.32. The minimum absolute atomic E-state index is 0.00404. The summed E-state index contributed by atoms with van der Waals surface area (Å²) in [4.78, 5) is 12.3. The Kier molecular flexibility index (Phi) is 6.48. The molecule has 0 radical (unpaired) electrons. The van der Waals surface area contributed by atoms with E-state index in [2.05, 4.69) is 37.4 Å². The zero-order valence-corrected chi connectivity index (χ0v) is 18.2. The van der Waals surface area contributed by atoms with E-state index in [4.69, 9.17) is 9.47 Å². The maximum atomic E-state index is 12.3. The summed E-state index contributed by atoms with van der Waals surface area (Å²) in [5.74, 6) is 1.48. The Morgan fingerprint density at radius 3 is 3.00 bits per heavy atom. The van der Waals surface area contributed by atoms with Gasteiger partial charge in [0.1, 0.15) is 5.75 Å². The predicted octanol–water partition coefficient (Wildman–Crippen LogP) is 5.13. The van der Waals surface area contributed by atoms with Crippen LogP contribution in [0, 0.1) is 11.8 Å². The van der Waals surface area contributed by atoms with E-state index < -0.39 is 0 Å². The number of nitrogens with one attached hydrogen (secondary N) is 1. The molecule has 0 aromatic heterocycles. The summed E-state index contributed by atoms with van der Waals surface area (Å²) < 4.78 is 11.4. The van der Waals surface area contributed by atoms with Gasteiger partial charge in [0.15, 0.2) is 0 Å². The molecule has 1 unspecified atom stereocenters. The van der Waals surface area contributed by atoms with Crippen molar-refractivity contribution in [3.05, 3.63) is 29.3 Å². The highest BCUT2D eigenvalue weighted by atomic mass is 16.7. The lowest BCUT2D eigenvalue weighted by Gasteiger charge is -2.56. The molecule has 2 aliphatic carbocycles. The molecule has 1 N–H and O–H groups in total. The van der Waals surface area contributed by atoms with Crippen LogP contribution in [0.2, 0.25) is 0 Å². The minimum atomic E-state index is -0.119. The van der Waals surface area contributed by atoms with E-state index in [1.807, 2.05) is 0 Å². The molecule has 3 aliphatic rings. The number of hydrogen-bond donors (Lipinski definition) is 1. The number of benzene rings is 1. The molecule has 1 heterocycles. The van der Waals surface area contributed by atoms with Gasteiger partial charge in [0.25, 0.3) is 0 Å². The van der Waals surface area contributed by atoms with Crippen molar-refractivity contribution in [2.45, 2.75) is 89.5 Å². The largest absolute Gasteiger partial charge is 0.457 e. The van der Waals surface area contributed by atoms with Crippen molar-refractivity contribution < 1.29 is 14.3 Å². The van der Waals surface area contributed by atoms with Gasteiger partial charge in [0.05, 0.1) is 5.92 Å². The Bertz CT molecular complexity index is 714. The third kappa shape index (κ3) is 4.05. The topological polar surface area (TPSA) is 47.6 Å². The van der Waals surface area contributed by atoms with Crippen molar-refractivity contribution in [3.63, 3.8) is 0 Å². The fourth-order valence-corrected chi connectivity index (χ4v) is 6.21. The van der Waals surface area contributed by atoms with Gasteiger partial charge in [-0.25, -0.2) is 0 Å². The number of carbonyl (C=O) groups is 1. The Morgan fingerprint density at radius 2 is 2.17 bits per heavy atom. The van der Waals surface area contributed by atoms with Crippen LogP contribution < -0.4 is 10.1 Å². The van der Waals surface area contributed by atoms with Gasteiger partial charge >= 0.3 is 5.97 Å². The van der Waals surface area contributed by atoms with Crippen LogP contribution in [-0.2, 0) is 21.4 Å². The smallest absolute Gasteiger partial charge is 0.311 e. The second-order valence-corrected chi connectivity index (χ2v) is 9.32. The van der Waals surface area contributed by atoms with Crippen LogP contribution in [0.25, 0.3) is 0 Å². The molecule has 1 saturated carbocycles. The summed E-state index contributed by atoms with van der Waals surface area (Å²) in [6, 6.07) is 7.20.